The number of hydrogen-bond donors (Lipinski definition) is 0. The van der Waals surface area contributed by atoms with Gasteiger partial charge in [-0.15, -0.1) is 0 Å². The second kappa shape index (κ2) is 7.93. The fourth-order valence-corrected chi connectivity index (χ4v) is 4.03. The minimum absolute atomic E-state index is 0.368. The Morgan fingerprint density at radius 2 is 2.03 bits per heavy atom. The van der Waals surface area contributed by atoms with Gasteiger partial charge < -0.3 is 14.0 Å². The molecule has 152 valence electrons. The van der Waals surface area contributed by atoms with Crippen LogP contribution < -0.4 is 9.47 Å². The first kappa shape index (κ1) is 18.8. The molecular formula is C22H20ClN5O2. The molecule has 0 saturated heterocycles. The zero-order valence-corrected chi connectivity index (χ0v) is 17.2. The summed E-state index contributed by atoms with van der Waals surface area (Å²) in [6.07, 6.45) is 7.39. The summed E-state index contributed by atoms with van der Waals surface area (Å²) >= 11 is 6.62. The molecule has 1 aliphatic heterocycles. The van der Waals surface area contributed by atoms with Crippen LogP contribution in [-0.2, 0) is 13.1 Å². The van der Waals surface area contributed by atoms with Gasteiger partial charge in [-0.3, -0.25) is 4.90 Å². The van der Waals surface area contributed by atoms with E-state index in [9.17, 15) is 0 Å². The first-order chi connectivity index (χ1) is 14.7. The maximum absolute atomic E-state index is 6.62. The van der Waals surface area contributed by atoms with Gasteiger partial charge in [0.2, 0.25) is 0 Å². The highest BCUT2D eigenvalue weighted by Gasteiger charge is 2.20. The molecule has 4 heterocycles. The van der Waals surface area contributed by atoms with Gasteiger partial charge in [-0.05, 0) is 30.3 Å². The van der Waals surface area contributed by atoms with Crippen LogP contribution >= 0.6 is 11.6 Å². The fourth-order valence-electron chi connectivity index (χ4n) is 3.75. The van der Waals surface area contributed by atoms with Crippen molar-refractivity contribution in [2.45, 2.75) is 13.1 Å². The summed E-state index contributed by atoms with van der Waals surface area (Å²) in [6.45, 7) is 2.77. The zero-order valence-electron chi connectivity index (χ0n) is 16.5. The Hall–Kier alpha value is -3.16. The number of rotatable bonds is 4. The second-order valence-corrected chi connectivity index (χ2v) is 7.56. The van der Waals surface area contributed by atoms with E-state index < -0.39 is 0 Å². The highest BCUT2D eigenvalue weighted by molar-refractivity contribution is 6.32. The largest absolute Gasteiger partial charge is 0.490 e. The number of fused-ring (bicyclic) bond motifs is 2. The fraction of sp³-hybridized carbons (Fsp3) is 0.227. The third-order valence-electron chi connectivity index (χ3n) is 5.15. The first-order valence-electron chi connectivity index (χ1n) is 9.66. The molecule has 4 aromatic rings. The number of benzene rings is 1. The van der Waals surface area contributed by atoms with Crippen molar-refractivity contribution in [3.8, 4) is 17.4 Å². The molecule has 0 aliphatic carbocycles. The SMILES string of the molecule is COc1ncc(CN2CCOc3c(Cl)cc(-n4ccc5cccnc54)cc3C2)cn1. The van der Waals surface area contributed by atoms with E-state index in [1.54, 1.807) is 25.7 Å². The lowest BCUT2D eigenvalue weighted by molar-refractivity contribution is 0.219. The van der Waals surface area contributed by atoms with Crippen LogP contribution in [0.25, 0.3) is 16.7 Å². The molecule has 1 aliphatic rings. The van der Waals surface area contributed by atoms with Gasteiger partial charge in [0, 0.05) is 66.6 Å². The second-order valence-electron chi connectivity index (χ2n) is 7.15. The van der Waals surface area contributed by atoms with Crippen molar-refractivity contribution in [1.82, 2.24) is 24.4 Å². The van der Waals surface area contributed by atoms with Gasteiger partial charge in [0.05, 0.1) is 12.1 Å². The lowest BCUT2D eigenvalue weighted by Crippen LogP contribution is -2.25. The van der Waals surface area contributed by atoms with Crippen LogP contribution in [-0.4, -0.2) is 44.7 Å². The average molecular weight is 422 g/mol. The van der Waals surface area contributed by atoms with Crippen molar-refractivity contribution in [3.63, 3.8) is 0 Å². The van der Waals surface area contributed by atoms with Crippen molar-refractivity contribution in [1.29, 1.82) is 0 Å². The average Bonchev–Trinajstić information content (AvgIpc) is 3.09. The molecule has 0 atom stereocenters. The molecule has 0 bridgehead atoms. The Kier molecular flexibility index (Phi) is 4.98. The molecule has 0 fully saturated rings. The lowest BCUT2D eigenvalue weighted by Gasteiger charge is -2.19. The predicted molar refractivity (Wildman–Crippen MR) is 114 cm³/mol. The Morgan fingerprint density at radius 3 is 2.87 bits per heavy atom. The van der Waals surface area contributed by atoms with Gasteiger partial charge >= 0.3 is 6.01 Å². The van der Waals surface area contributed by atoms with E-state index in [0.717, 1.165) is 40.1 Å². The maximum Gasteiger partial charge on any atom is 0.316 e. The number of ether oxygens (including phenoxy) is 2. The van der Waals surface area contributed by atoms with E-state index in [1.807, 2.05) is 35.0 Å². The van der Waals surface area contributed by atoms with Crippen molar-refractivity contribution >= 4 is 22.6 Å². The van der Waals surface area contributed by atoms with Gasteiger partial charge in [0.15, 0.2) is 0 Å². The summed E-state index contributed by atoms with van der Waals surface area (Å²) in [6, 6.07) is 10.5. The molecule has 0 radical (unpaired) electrons. The number of methoxy groups -OCH3 is 1. The van der Waals surface area contributed by atoms with Crippen molar-refractivity contribution in [2.24, 2.45) is 0 Å². The van der Waals surface area contributed by atoms with Crippen molar-refractivity contribution in [2.75, 3.05) is 20.3 Å². The van der Waals surface area contributed by atoms with E-state index in [-0.39, 0.29) is 0 Å². The summed E-state index contributed by atoms with van der Waals surface area (Å²) in [5.74, 6) is 0.748. The minimum atomic E-state index is 0.368. The molecule has 0 N–H and O–H groups in total. The Bertz CT molecular complexity index is 1190. The molecule has 3 aromatic heterocycles. The Balaban J connectivity index is 1.46. The van der Waals surface area contributed by atoms with Crippen LogP contribution in [0.5, 0.6) is 11.8 Å². The summed E-state index contributed by atoms with van der Waals surface area (Å²) in [7, 11) is 1.56. The third-order valence-corrected chi connectivity index (χ3v) is 5.43. The van der Waals surface area contributed by atoms with E-state index in [0.29, 0.717) is 30.7 Å². The van der Waals surface area contributed by atoms with E-state index in [2.05, 4.69) is 25.9 Å². The highest BCUT2D eigenvalue weighted by Crippen LogP contribution is 2.35. The standard InChI is InChI=1S/C22H20ClN5O2/c1-29-22-25-11-15(12-26-22)13-27-7-8-30-20-17(14-27)9-18(10-19(20)23)28-6-4-16-3-2-5-24-21(16)28/h2-6,9-12H,7-8,13-14H2,1H3. The van der Waals surface area contributed by atoms with Crippen LogP contribution in [0.3, 0.4) is 0 Å². The molecule has 0 spiro atoms. The van der Waals surface area contributed by atoms with Gasteiger partial charge in [-0.2, -0.15) is 0 Å². The summed E-state index contributed by atoms with van der Waals surface area (Å²) < 4.78 is 13.1. The predicted octanol–water partition coefficient (Wildman–Crippen LogP) is 3.87. The number of nitrogens with zero attached hydrogens (tertiary/aromatic N) is 5. The van der Waals surface area contributed by atoms with E-state index >= 15 is 0 Å². The van der Waals surface area contributed by atoms with Crippen LogP contribution in [0.4, 0.5) is 0 Å². The minimum Gasteiger partial charge on any atom is -0.490 e. The normalized spacial score (nSPS) is 14.2. The van der Waals surface area contributed by atoms with Crippen LogP contribution in [0.1, 0.15) is 11.1 Å². The Morgan fingerprint density at radius 1 is 1.17 bits per heavy atom. The number of hydrogen-bond acceptors (Lipinski definition) is 6. The first-order valence-corrected chi connectivity index (χ1v) is 10.0. The topological polar surface area (TPSA) is 65.3 Å². The maximum atomic E-state index is 6.62. The van der Waals surface area contributed by atoms with Crippen molar-refractivity contribution in [3.05, 3.63) is 71.3 Å². The van der Waals surface area contributed by atoms with Crippen molar-refractivity contribution < 1.29 is 9.47 Å². The summed E-state index contributed by atoms with van der Waals surface area (Å²) in [4.78, 5) is 15.2. The number of pyridine rings is 1. The molecular weight excluding hydrogens is 402 g/mol. The molecule has 8 heteroatoms. The van der Waals surface area contributed by atoms with Gasteiger partial charge in [0.25, 0.3) is 0 Å². The molecule has 0 amide bonds. The zero-order chi connectivity index (χ0) is 20.5. The monoisotopic (exact) mass is 421 g/mol. The smallest absolute Gasteiger partial charge is 0.316 e. The molecule has 0 unspecified atom stereocenters. The number of halogens is 1. The van der Waals surface area contributed by atoms with E-state index in [1.165, 1.54) is 0 Å². The van der Waals surface area contributed by atoms with Crippen LogP contribution in [0.2, 0.25) is 5.02 Å². The molecule has 1 aromatic carbocycles. The third kappa shape index (κ3) is 3.58. The van der Waals surface area contributed by atoms with Gasteiger partial charge in [-0.25, -0.2) is 15.0 Å². The van der Waals surface area contributed by atoms with Crippen LogP contribution in [0, 0.1) is 0 Å². The summed E-state index contributed by atoms with van der Waals surface area (Å²) in [5, 5.41) is 1.69. The summed E-state index contributed by atoms with van der Waals surface area (Å²) in [5.41, 5.74) is 3.92. The molecule has 0 saturated carbocycles. The molecule has 7 nitrogen and oxygen atoms in total. The molecule has 30 heavy (non-hydrogen) atoms. The van der Waals surface area contributed by atoms with Gasteiger partial charge in [0.1, 0.15) is 18.0 Å². The Labute approximate surface area is 178 Å². The molecule has 5 rings (SSSR count). The quantitative estimate of drug-likeness (QED) is 0.498. The van der Waals surface area contributed by atoms with Gasteiger partial charge in [-0.1, -0.05) is 11.6 Å². The number of aromatic nitrogens is 4. The van der Waals surface area contributed by atoms with E-state index in [4.69, 9.17) is 21.1 Å². The van der Waals surface area contributed by atoms with Crippen LogP contribution in [0.15, 0.2) is 55.1 Å². The highest BCUT2D eigenvalue weighted by atomic mass is 35.5. The lowest BCUT2D eigenvalue weighted by atomic mass is 10.1.